The van der Waals surface area contributed by atoms with E-state index in [9.17, 15) is 4.79 Å². The molecule has 8 nitrogen and oxygen atoms in total. The fourth-order valence-electron chi connectivity index (χ4n) is 3.42. The molecule has 1 aromatic heterocycles. The molecule has 0 unspecified atom stereocenters. The van der Waals surface area contributed by atoms with Gasteiger partial charge in [-0.25, -0.2) is 4.98 Å². The molecule has 1 amide bonds. The number of ether oxygens (including phenoxy) is 2. The summed E-state index contributed by atoms with van der Waals surface area (Å²) in [4.78, 5) is 25.4. The van der Waals surface area contributed by atoms with Crippen molar-refractivity contribution >= 4 is 44.5 Å². The van der Waals surface area contributed by atoms with E-state index in [1.54, 1.807) is 26.4 Å². The average molecular weight is 462 g/mol. The summed E-state index contributed by atoms with van der Waals surface area (Å²) in [6.07, 6.45) is 6.14. The van der Waals surface area contributed by atoms with Gasteiger partial charge < -0.3 is 25.0 Å². The fourth-order valence-corrected chi connectivity index (χ4v) is 4.08. The van der Waals surface area contributed by atoms with Crippen molar-refractivity contribution in [3.05, 3.63) is 22.7 Å². The lowest BCUT2D eigenvalue weighted by atomic mass is 10.2. The number of anilines is 2. The summed E-state index contributed by atoms with van der Waals surface area (Å²) in [6, 6.07) is 1.78. The number of aromatic nitrogens is 2. The summed E-state index contributed by atoms with van der Waals surface area (Å²) >= 11 is 3.56. The number of rotatable bonds is 5. The molecule has 2 aliphatic rings. The SMILES string of the molecule is COc1cc2c(N)nc(N3CCN(C(=O)/C=C/C4CC4)CC3)nc2c(Br)c1OC. The third-order valence-corrected chi connectivity index (χ3v) is 6.04. The summed E-state index contributed by atoms with van der Waals surface area (Å²) in [5.74, 6) is 2.71. The third-order valence-electron chi connectivity index (χ3n) is 5.30. The van der Waals surface area contributed by atoms with E-state index in [2.05, 4.69) is 20.9 Å². The zero-order valence-electron chi connectivity index (χ0n) is 16.5. The Balaban J connectivity index is 1.55. The number of allylic oxidation sites excluding steroid dienone is 1. The maximum Gasteiger partial charge on any atom is 0.246 e. The molecule has 2 fully saturated rings. The molecule has 0 atom stereocenters. The van der Waals surface area contributed by atoms with Crippen molar-refractivity contribution in [1.82, 2.24) is 14.9 Å². The number of amides is 1. The Hall–Kier alpha value is -2.55. The highest BCUT2D eigenvalue weighted by molar-refractivity contribution is 9.10. The van der Waals surface area contributed by atoms with Crippen LogP contribution >= 0.6 is 15.9 Å². The molecule has 9 heteroatoms. The van der Waals surface area contributed by atoms with E-state index in [1.165, 1.54) is 12.8 Å². The number of piperazine rings is 1. The number of fused-ring (bicyclic) bond motifs is 1. The number of hydrogen-bond donors (Lipinski definition) is 1. The predicted octanol–water partition coefficient (Wildman–Crippen LogP) is 2.61. The number of benzene rings is 1. The first-order valence-corrected chi connectivity index (χ1v) is 10.4. The number of nitrogen functional groups attached to an aromatic ring is 1. The summed E-state index contributed by atoms with van der Waals surface area (Å²) in [5, 5.41) is 0.692. The molecule has 1 aliphatic heterocycles. The van der Waals surface area contributed by atoms with Crippen LogP contribution < -0.4 is 20.1 Å². The van der Waals surface area contributed by atoms with Crippen molar-refractivity contribution in [3.8, 4) is 11.5 Å². The van der Waals surface area contributed by atoms with E-state index in [4.69, 9.17) is 20.2 Å². The van der Waals surface area contributed by atoms with E-state index < -0.39 is 0 Å². The number of halogens is 1. The van der Waals surface area contributed by atoms with Crippen LogP contribution in [0.15, 0.2) is 22.7 Å². The van der Waals surface area contributed by atoms with Crippen LogP contribution in [-0.2, 0) is 4.79 Å². The topological polar surface area (TPSA) is 93.8 Å². The Morgan fingerprint density at radius 3 is 2.55 bits per heavy atom. The van der Waals surface area contributed by atoms with Crippen LogP contribution in [0.2, 0.25) is 0 Å². The fraction of sp³-hybridized carbons (Fsp3) is 0.450. The molecule has 2 aromatic rings. The first kappa shape index (κ1) is 19.8. The molecule has 1 aliphatic carbocycles. The third kappa shape index (κ3) is 3.96. The minimum atomic E-state index is 0.0788. The van der Waals surface area contributed by atoms with E-state index >= 15 is 0 Å². The van der Waals surface area contributed by atoms with Crippen LogP contribution in [0.5, 0.6) is 11.5 Å². The summed E-state index contributed by atoms with van der Waals surface area (Å²) in [5.41, 5.74) is 6.89. The van der Waals surface area contributed by atoms with Gasteiger partial charge in [0.05, 0.1) is 24.2 Å². The molecule has 1 saturated carbocycles. The molecule has 4 rings (SSSR count). The minimum Gasteiger partial charge on any atom is -0.493 e. The zero-order chi connectivity index (χ0) is 20.5. The van der Waals surface area contributed by atoms with Gasteiger partial charge >= 0.3 is 0 Å². The second kappa shape index (κ2) is 8.06. The van der Waals surface area contributed by atoms with Gasteiger partial charge in [-0.2, -0.15) is 4.98 Å². The molecule has 0 spiro atoms. The predicted molar refractivity (Wildman–Crippen MR) is 115 cm³/mol. The number of nitrogens with zero attached hydrogens (tertiary/aromatic N) is 4. The van der Waals surface area contributed by atoms with Crippen LogP contribution in [0.25, 0.3) is 10.9 Å². The van der Waals surface area contributed by atoms with Crippen molar-refractivity contribution in [2.24, 2.45) is 5.92 Å². The van der Waals surface area contributed by atoms with Gasteiger partial charge in [-0.1, -0.05) is 6.08 Å². The maximum absolute atomic E-state index is 12.3. The minimum absolute atomic E-state index is 0.0788. The van der Waals surface area contributed by atoms with Gasteiger partial charge in [0.2, 0.25) is 11.9 Å². The number of carbonyl (C=O) groups is 1. The molecule has 0 radical (unpaired) electrons. The van der Waals surface area contributed by atoms with E-state index in [0.717, 1.165) is 0 Å². The molecule has 2 heterocycles. The molecule has 1 saturated heterocycles. The Labute approximate surface area is 177 Å². The second-order valence-electron chi connectivity index (χ2n) is 7.24. The molecule has 29 heavy (non-hydrogen) atoms. The molecule has 1 aromatic carbocycles. The van der Waals surface area contributed by atoms with Gasteiger partial charge in [0.15, 0.2) is 11.5 Å². The van der Waals surface area contributed by atoms with Crippen LogP contribution in [0.3, 0.4) is 0 Å². The van der Waals surface area contributed by atoms with Gasteiger partial charge in [0.25, 0.3) is 0 Å². The first-order valence-electron chi connectivity index (χ1n) is 9.61. The highest BCUT2D eigenvalue weighted by Crippen LogP contribution is 2.42. The number of methoxy groups -OCH3 is 2. The van der Waals surface area contributed by atoms with Crippen molar-refractivity contribution in [1.29, 1.82) is 0 Å². The van der Waals surface area contributed by atoms with Crippen LogP contribution in [0.4, 0.5) is 11.8 Å². The standard InChI is InChI=1S/C20H24BrN5O3/c1-28-14-11-13-17(16(21)18(14)29-2)23-20(24-19(13)22)26-9-7-25(8-10-26)15(27)6-5-12-3-4-12/h5-6,11-12H,3-4,7-10H2,1-2H3,(H2,22,23,24)/b6-5+. The lowest BCUT2D eigenvalue weighted by molar-refractivity contribution is -0.126. The van der Waals surface area contributed by atoms with Gasteiger partial charge in [0, 0.05) is 31.6 Å². The van der Waals surface area contributed by atoms with Gasteiger partial charge in [-0.05, 0) is 46.8 Å². The lowest BCUT2D eigenvalue weighted by Crippen LogP contribution is -2.48. The maximum atomic E-state index is 12.3. The Morgan fingerprint density at radius 1 is 1.21 bits per heavy atom. The van der Waals surface area contributed by atoms with Crippen molar-refractivity contribution in [2.75, 3.05) is 51.0 Å². The lowest BCUT2D eigenvalue weighted by Gasteiger charge is -2.34. The van der Waals surface area contributed by atoms with Crippen LogP contribution in [-0.4, -0.2) is 61.2 Å². The molecule has 2 N–H and O–H groups in total. The summed E-state index contributed by atoms with van der Waals surface area (Å²) < 4.78 is 11.5. The molecular formula is C20H24BrN5O3. The van der Waals surface area contributed by atoms with E-state index in [-0.39, 0.29) is 5.91 Å². The largest absolute Gasteiger partial charge is 0.493 e. The first-order chi connectivity index (χ1) is 14.0. The second-order valence-corrected chi connectivity index (χ2v) is 8.03. The van der Waals surface area contributed by atoms with Crippen LogP contribution in [0, 0.1) is 5.92 Å². The Bertz CT molecular complexity index is 968. The monoisotopic (exact) mass is 461 g/mol. The van der Waals surface area contributed by atoms with E-state index in [1.807, 2.05) is 15.9 Å². The van der Waals surface area contributed by atoms with E-state index in [0.29, 0.717) is 70.7 Å². The Morgan fingerprint density at radius 2 is 1.93 bits per heavy atom. The molecule has 0 bridgehead atoms. The van der Waals surface area contributed by atoms with Crippen molar-refractivity contribution in [2.45, 2.75) is 12.8 Å². The summed E-state index contributed by atoms with van der Waals surface area (Å²) in [7, 11) is 3.15. The van der Waals surface area contributed by atoms with Crippen molar-refractivity contribution < 1.29 is 14.3 Å². The zero-order valence-corrected chi connectivity index (χ0v) is 18.1. The van der Waals surface area contributed by atoms with Crippen LogP contribution in [0.1, 0.15) is 12.8 Å². The molecule has 154 valence electrons. The molecular weight excluding hydrogens is 438 g/mol. The number of hydrogen-bond acceptors (Lipinski definition) is 7. The quantitative estimate of drug-likeness (QED) is 0.683. The van der Waals surface area contributed by atoms with Crippen molar-refractivity contribution in [3.63, 3.8) is 0 Å². The van der Waals surface area contributed by atoms with Gasteiger partial charge in [-0.15, -0.1) is 0 Å². The van der Waals surface area contributed by atoms with Gasteiger partial charge in [0.1, 0.15) is 5.82 Å². The highest BCUT2D eigenvalue weighted by Gasteiger charge is 2.25. The highest BCUT2D eigenvalue weighted by atomic mass is 79.9. The smallest absolute Gasteiger partial charge is 0.246 e. The normalized spacial score (nSPS) is 17.2. The number of nitrogens with two attached hydrogens (primary N) is 1. The Kier molecular flexibility index (Phi) is 5.49. The van der Waals surface area contributed by atoms with Gasteiger partial charge in [-0.3, -0.25) is 4.79 Å². The average Bonchev–Trinajstić information content (AvgIpc) is 3.57. The number of carbonyl (C=O) groups excluding carboxylic acids is 1. The summed E-state index contributed by atoms with van der Waals surface area (Å²) in [6.45, 7) is 2.56.